The van der Waals surface area contributed by atoms with Crippen molar-refractivity contribution in [1.82, 2.24) is 30.7 Å². The monoisotopic (exact) mass is 676 g/mol. The molecule has 264 valence electrons. The maximum absolute atomic E-state index is 14.1. The molecule has 2 aliphatic heterocycles. The predicted molar refractivity (Wildman–Crippen MR) is 182 cm³/mol. The fraction of sp³-hybridized carbons (Fsp3) is 0.500. The first-order chi connectivity index (χ1) is 23.2. The van der Waals surface area contributed by atoms with Gasteiger partial charge in [0, 0.05) is 33.5 Å². The highest BCUT2D eigenvalue weighted by Gasteiger charge is 2.41. The highest BCUT2D eigenvalue weighted by molar-refractivity contribution is 5.97. The molecule has 4 rings (SSSR count). The number of aromatic hydroxyl groups is 1. The molecule has 2 fully saturated rings. The zero-order valence-electron chi connectivity index (χ0n) is 28.8. The van der Waals surface area contributed by atoms with Gasteiger partial charge in [-0.25, -0.2) is 0 Å². The number of phenolic OH excluding ortho intramolecular Hbond substituents is 1. The number of rotatable bonds is 6. The first kappa shape index (κ1) is 36.9. The van der Waals surface area contributed by atoms with Gasteiger partial charge in [-0.05, 0) is 55.4 Å². The molecule has 13 heteroatoms. The molecule has 0 aliphatic carbocycles. The highest BCUT2D eigenvalue weighted by atomic mass is 16.3. The van der Waals surface area contributed by atoms with Crippen molar-refractivity contribution in [1.29, 1.82) is 0 Å². The van der Waals surface area contributed by atoms with Crippen molar-refractivity contribution in [2.24, 2.45) is 5.92 Å². The Morgan fingerprint density at radius 3 is 2.02 bits per heavy atom. The molecule has 0 aromatic heterocycles. The standard InChI is InChI=1S/C36H48N6O7/c1-22(2)18-28-36(49)42-17-9-12-30(42)33(46)39-29(20-25-13-15-26(43)16-14-25)35(48)41(5)23(3)34(47)40(4)21-31(44)37-27(32(45)38-28)19-24-10-7-6-8-11-24/h6-8,10-11,13-16,22-23,27-30,43H,9,12,17-21H2,1-5H3,(H,37,44)(H,38,45)(H,39,46)/t23-,27+,28+,29-,30-/m0/s1. The molecule has 0 radical (unpaired) electrons. The molecule has 2 aromatic carbocycles. The summed E-state index contributed by atoms with van der Waals surface area (Å²) < 4.78 is 0. The van der Waals surface area contributed by atoms with Crippen LogP contribution in [0.4, 0.5) is 0 Å². The summed E-state index contributed by atoms with van der Waals surface area (Å²) in [5.74, 6) is -3.08. The number of carbonyl (C=O) groups excluding carboxylic acids is 6. The minimum Gasteiger partial charge on any atom is -0.508 e. The topological polar surface area (TPSA) is 168 Å². The van der Waals surface area contributed by atoms with Gasteiger partial charge in [-0.1, -0.05) is 56.3 Å². The number of benzene rings is 2. The second-order valence-corrected chi connectivity index (χ2v) is 13.4. The summed E-state index contributed by atoms with van der Waals surface area (Å²) in [6.45, 7) is 5.28. The summed E-state index contributed by atoms with van der Waals surface area (Å²) in [4.78, 5) is 86.5. The summed E-state index contributed by atoms with van der Waals surface area (Å²) in [5.41, 5.74) is 1.44. The summed E-state index contributed by atoms with van der Waals surface area (Å²) in [6, 6.07) is 10.3. The van der Waals surface area contributed by atoms with Gasteiger partial charge in [0.1, 0.15) is 36.0 Å². The number of nitrogens with one attached hydrogen (secondary N) is 3. The van der Waals surface area contributed by atoms with Gasteiger partial charge in [0.25, 0.3) is 0 Å². The average Bonchev–Trinajstić information content (AvgIpc) is 3.57. The molecule has 2 heterocycles. The van der Waals surface area contributed by atoms with E-state index in [9.17, 15) is 33.9 Å². The van der Waals surface area contributed by atoms with E-state index in [2.05, 4.69) is 16.0 Å². The lowest BCUT2D eigenvalue weighted by Gasteiger charge is -2.34. The van der Waals surface area contributed by atoms with Crippen LogP contribution in [0, 0.1) is 5.92 Å². The van der Waals surface area contributed by atoms with Crippen LogP contribution < -0.4 is 16.0 Å². The summed E-state index contributed by atoms with van der Waals surface area (Å²) >= 11 is 0. The third kappa shape index (κ3) is 9.58. The first-order valence-corrected chi connectivity index (χ1v) is 16.8. The minimum absolute atomic E-state index is 0.00801. The first-order valence-electron chi connectivity index (χ1n) is 16.8. The number of phenols is 1. The van der Waals surface area contributed by atoms with Gasteiger partial charge in [0.15, 0.2) is 0 Å². The van der Waals surface area contributed by atoms with Gasteiger partial charge in [0.05, 0.1) is 6.54 Å². The molecule has 0 unspecified atom stereocenters. The Bertz CT molecular complexity index is 1520. The number of hydrogen-bond acceptors (Lipinski definition) is 7. The zero-order chi connectivity index (χ0) is 35.8. The van der Waals surface area contributed by atoms with Crippen molar-refractivity contribution >= 4 is 35.4 Å². The van der Waals surface area contributed by atoms with Gasteiger partial charge in [0.2, 0.25) is 35.4 Å². The summed E-state index contributed by atoms with van der Waals surface area (Å²) in [7, 11) is 2.89. The van der Waals surface area contributed by atoms with Gasteiger partial charge in [-0.3, -0.25) is 28.8 Å². The van der Waals surface area contributed by atoms with E-state index < -0.39 is 65.7 Å². The lowest BCUT2D eigenvalue weighted by molar-refractivity contribution is -0.147. The molecule has 2 aromatic rings. The maximum atomic E-state index is 14.1. The van der Waals surface area contributed by atoms with Crippen LogP contribution in [0.2, 0.25) is 0 Å². The van der Waals surface area contributed by atoms with E-state index in [1.807, 2.05) is 44.2 Å². The number of hydrogen-bond donors (Lipinski definition) is 4. The van der Waals surface area contributed by atoms with Crippen molar-refractivity contribution < 1.29 is 33.9 Å². The number of amides is 6. The normalized spacial score (nSPS) is 25.0. The van der Waals surface area contributed by atoms with E-state index in [0.29, 0.717) is 31.4 Å². The smallest absolute Gasteiger partial charge is 0.245 e. The van der Waals surface area contributed by atoms with Gasteiger partial charge < -0.3 is 35.8 Å². The molecular weight excluding hydrogens is 628 g/mol. The number of fused-ring (bicyclic) bond motifs is 1. The lowest BCUT2D eigenvalue weighted by Crippen LogP contribution is -2.60. The van der Waals surface area contributed by atoms with Crippen LogP contribution in [0.3, 0.4) is 0 Å². The zero-order valence-corrected chi connectivity index (χ0v) is 28.8. The summed E-state index contributed by atoms with van der Waals surface area (Å²) in [6.07, 6.45) is 1.41. The quantitative estimate of drug-likeness (QED) is 0.354. The Morgan fingerprint density at radius 2 is 1.37 bits per heavy atom. The van der Waals surface area contributed by atoms with Crippen molar-refractivity contribution in [3.05, 3.63) is 65.7 Å². The molecule has 4 N–H and O–H groups in total. The van der Waals surface area contributed by atoms with Crippen LogP contribution in [0.25, 0.3) is 0 Å². The summed E-state index contributed by atoms with van der Waals surface area (Å²) in [5, 5.41) is 18.2. The second-order valence-electron chi connectivity index (χ2n) is 13.4. The molecule has 0 bridgehead atoms. The van der Waals surface area contributed by atoms with Crippen LogP contribution in [0.1, 0.15) is 51.2 Å². The highest BCUT2D eigenvalue weighted by Crippen LogP contribution is 2.22. The lowest BCUT2D eigenvalue weighted by atomic mass is 10.00. The molecular formula is C36H48N6O7. The Morgan fingerprint density at radius 1 is 0.755 bits per heavy atom. The molecule has 49 heavy (non-hydrogen) atoms. The molecule has 2 saturated heterocycles. The van der Waals surface area contributed by atoms with E-state index in [0.717, 1.165) is 5.56 Å². The Balaban J connectivity index is 1.71. The third-order valence-electron chi connectivity index (χ3n) is 9.13. The second kappa shape index (κ2) is 16.4. The van der Waals surface area contributed by atoms with Gasteiger partial charge in [-0.2, -0.15) is 0 Å². The Hall–Kier alpha value is -4.94. The fourth-order valence-corrected chi connectivity index (χ4v) is 6.32. The fourth-order valence-electron chi connectivity index (χ4n) is 6.32. The molecule has 5 atom stereocenters. The number of carbonyl (C=O) groups is 6. The van der Waals surface area contributed by atoms with Crippen molar-refractivity contribution in [3.63, 3.8) is 0 Å². The van der Waals surface area contributed by atoms with Gasteiger partial charge in [-0.15, -0.1) is 0 Å². The van der Waals surface area contributed by atoms with Crippen LogP contribution in [-0.4, -0.2) is 113 Å². The molecule has 6 amide bonds. The SMILES string of the molecule is CC(C)C[C@H]1NC(=O)[C@@H](Cc2ccccc2)NC(=O)CN(C)C(=O)[C@H](C)N(C)C(=O)[C@H](Cc2ccc(O)cc2)NC(=O)[C@@H]2CCCN2C1=O. The van der Waals surface area contributed by atoms with E-state index in [4.69, 9.17) is 0 Å². The van der Waals surface area contributed by atoms with E-state index in [1.54, 1.807) is 12.1 Å². The maximum Gasteiger partial charge on any atom is 0.245 e. The van der Waals surface area contributed by atoms with Crippen LogP contribution >= 0.6 is 0 Å². The minimum atomic E-state index is -1.10. The van der Waals surface area contributed by atoms with Crippen molar-refractivity contribution in [3.8, 4) is 5.75 Å². The van der Waals surface area contributed by atoms with Crippen molar-refractivity contribution in [2.75, 3.05) is 27.2 Å². The molecule has 0 saturated carbocycles. The number of likely N-dealkylation sites (N-methyl/N-ethyl adjacent to an activating group) is 2. The van der Waals surface area contributed by atoms with Crippen LogP contribution in [0.15, 0.2) is 54.6 Å². The third-order valence-corrected chi connectivity index (χ3v) is 9.13. The van der Waals surface area contributed by atoms with Crippen LogP contribution in [0.5, 0.6) is 5.75 Å². The van der Waals surface area contributed by atoms with E-state index >= 15 is 0 Å². The Kier molecular flexibility index (Phi) is 12.4. The van der Waals surface area contributed by atoms with Gasteiger partial charge >= 0.3 is 0 Å². The molecule has 13 nitrogen and oxygen atoms in total. The molecule has 0 spiro atoms. The van der Waals surface area contributed by atoms with Crippen LogP contribution in [-0.2, 0) is 41.6 Å². The Labute approximate surface area is 287 Å². The van der Waals surface area contributed by atoms with E-state index in [1.165, 1.54) is 47.9 Å². The average molecular weight is 677 g/mol. The largest absolute Gasteiger partial charge is 0.508 e. The predicted octanol–water partition coefficient (Wildman–Crippen LogP) is 0.988. The number of nitrogens with zero attached hydrogens (tertiary/aromatic N) is 3. The van der Waals surface area contributed by atoms with Crippen molar-refractivity contribution in [2.45, 2.75) is 83.1 Å². The molecule has 2 aliphatic rings. The van der Waals surface area contributed by atoms with E-state index in [-0.39, 0.29) is 31.1 Å².